The highest BCUT2D eigenvalue weighted by atomic mass is 32.2. The molecule has 1 saturated heterocycles. The van der Waals surface area contributed by atoms with E-state index in [0.717, 1.165) is 22.0 Å². The van der Waals surface area contributed by atoms with Crippen LogP contribution >= 0.6 is 11.8 Å². The predicted octanol–water partition coefficient (Wildman–Crippen LogP) is 5.73. The number of thioether (sulfide) groups is 1. The summed E-state index contributed by atoms with van der Waals surface area (Å²) in [5.41, 5.74) is 2.13. The molecule has 0 radical (unpaired) electrons. The van der Waals surface area contributed by atoms with Crippen molar-refractivity contribution in [1.82, 2.24) is 4.90 Å². The van der Waals surface area contributed by atoms with E-state index in [2.05, 4.69) is 35.3 Å². The molecular weight excluding hydrogens is 392 g/mol. The zero-order valence-corrected chi connectivity index (χ0v) is 18.0. The molecule has 0 aromatic heterocycles. The fourth-order valence-corrected chi connectivity index (χ4v) is 4.54. The van der Waals surface area contributed by atoms with Gasteiger partial charge in [-0.25, -0.2) is 0 Å². The molecule has 0 N–H and O–H groups in total. The first-order valence-corrected chi connectivity index (χ1v) is 11.0. The van der Waals surface area contributed by atoms with Crippen LogP contribution in [0, 0.1) is 0 Å². The highest BCUT2D eigenvalue weighted by Crippen LogP contribution is 2.32. The standard InChI is InChI=1S/C25H24N2O2S/c1-3-26-25-27(4-2)24(28)23(30-25)16-18-12-14-21(15-13-18)29-17-20-10-7-9-19-8-5-6-11-22(19)20/h5-16H,3-4,17H2,1-2H3/b23-16-,26-25?. The number of benzene rings is 3. The van der Waals surface area contributed by atoms with Gasteiger partial charge in [0.1, 0.15) is 12.4 Å². The zero-order chi connectivity index (χ0) is 20.9. The topological polar surface area (TPSA) is 41.9 Å². The second-order valence-electron chi connectivity index (χ2n) is 6.91. The van der Waals surface area contributed by atoms with Crippen LogP contribution in [0.1, 0.15) is 25.0 Å². The number of amides is 1. The van der Waals surface area contributed by atoms with Gasteiger partial charge in [-0.3, -0.25) is 14.7 Å². The van der Waals surface area contributed by atoms with E-state index in [1.54, 1.807) is 4.90 Å². The van der Waals surface area contributed by atoms with Gasteiger partial charge in [-0.2, -0.15) is 0 Å². The van der Waals surface area contributed by atoms with Crippen LogP contribution in [-0.4, -0.2) is 29.1 Å². The van der Waals surface area contributed by atoms with Gasteiger partial charge in [0.25, 0.3) is 5.91 Å². The number of likely N-dealkylation sites (N-methyl/N-ethyl adjacent to an activating group) is 1. The van der Waals surface area contributed by atoms with Gasteiger partial charge in [0.05, 0.1) is 4.91 Å². The van der Waals surface area contributed by atoms with Gasteiger partial charge in [-0.15, -0.1) is 0 Å². The Balaban J connectivity index is 1.46. The lowest BCUT2D eigenvalue weighted by molar-refractivity contribution is -0.122. The summed E-state index contributed by atoms with van der Waals surface area (Å²) in [4.78, 5) is 19.4. The molecule has 1 heterocycles. The quantitative estimate of drug-likeness (QED) is 0.482. The molecule has 0 unspecified atom stereocenters. The van der Waals surface area contributed by atoms with Gasteiger partial charge in [-0.1, -0.05) is 54.6 Å². The summed E-state index contributed by atoms with van der Waals surface area (Å²) in [7, 11) is 0. The summed E-state index contributed by atoms with van der Waals surface area (Å²) < 4.78 is 6.01. The van der Waals surface area contributed by atoms with Gasteiger partial charge in [0.15, 0.2) is 5.17 Å². The first kappa shape index (κ1) is 20.2. The molecule has 1 aliphatic heterocycles. The summed E-state index contributed by atoms with van der Waals surface area (Å²) in [6.07, 6.45) is 1.92. The maximum absolute atomic E-state index is 12.6. The molecule has 1 amide bonds. The summed E-state index contributed by atoms with van der Waals surface area (Å²) in [6, 6.07) is 22.4. The lowest BCUT2D eigenvalue weighted by Gasteiger charge is -2.11. The monoisotopic (exact) mass is 416 g/mol. The van der Waals surface area contributed by atoms with E-state index < -0.39 is 0 Å². The number of hydrogen-bond donors (Lipinski definition) is 0. The van der Waals surface area contributed by atoms with Crippen molar-refractivity contribution in [2.75, 3.05) is 13.1 Å². The first-order valence-electron chi connectivity index (χ1n) is 10.1. The smallest absolute Gasteiger partial charge is 0.266 e. The van der Waals surface area contributed by atoms with Crippen molar-refractivity contribution >= 4 is 39.7 Å². The molecule has 0 aliphatic carbocycles. The molecule has 4 rings (SSSR count). The minimum Gasteiger partial charge on any atom is -0.489 e. The van der Waals surface area contributed by atoms with Crippen molar-refractivity contribution in [3.8, 4) is 5.75 Å². The van der Waals surface area contributed by atoms with Gasteiger partial charge in [0, 0.05) is 13.1 Å². The third kappa shape index (κ3) is 4.26. The van der Waals surface area contributed by atoms with E-state index in [1.807, 2.05) is 56.3 Å². The largest absolute Gasteiger partial charge is 0.489 e. The lowest BCUT2D eigenvalue weighted by atomic mass is 10.1. The lowest BCUT2D eigenvalue weighted by Crippen LogP contribution is -2.28. The number of nitrogens with zero attached hydrogens (tertiary/aromatic N) is 2. The number of aliphatic imine (C=N–C) groups is 1. The number of rotatable bonds is 6. The summed E-state index contributed by atoms with van der Waals surface area (Å²) in [6.45, 7) is 5.75. The fraction of sp³-hybridized carbons (Fsp3) is 0.200. The van der Waals surface area contributed by atoms with E-state index in [9.17, 15) is 4.79 Å². The van der Waals surface area contributed by atoms with Crippen molar-refractivity contribution in [1.29, 1.82) is 0 Å². The average molecular weight is 417 g/mol. The van der Waals surface area contributed by atoms with E-state index in [4.69, 9.17) is 4.74 Å². The fourth-order valence-electron chi connectivity index (χ4n) is 3.43. The highest BCUT2D eigenvalue weighted by molar-refractivity contribution is 8.18. The normalized spacial score (nSPS) is 16.7. The van der Waals surface area contributed by atoms with E-state index in [0.29, 0.717) is 24.6 Å². The van der Waals surface area contributed by atoms with Crippen LogP contribution < -0.4 is 4.74 Å². The first-order chi connectivity index (χ1) is 14.7. The van der Waals surface area contributed by atoms with E-state index >= 15 is 0 Å². The van der Waals surface area contributed by atoms with Crippen molar-refractivity contribution in [2.45, 2.75) is 20.5 Å². The van der Waals surface area contributed by atoms with E-state index in [1.165, 1.54) is 22.5 Å². The van der Waals surface area contributed by atoms with Crippen molar-refractivity contribution in [2.24, 2.45) is 4.99 Å². The molecule has 30 heavy (non-hydrogen) atoms. The summed E-state index contributed by atoms with van der Waals surface area (Å²) >= 11 is 1.44. The maximum atomic E-state index is 12.6. The molecule has 0 saturated carbocycles. The number of carbonyl (C=O) groups excluding carboxylic acids is 1. The number of hydrogen-bond acceptors (Lipinski definition) is 4. The zero-order valence-electron chi connectivity index (χ0n) is 17.2. The number of ether oxygens (including phenoxy) is 1. The maximum Gasteiger partial charge on any atom is 0.266 e. The molecule has 1 aliphatic rings. The van der Waals surface area contributed by atoms with Crippen LogP contribution in [0.5, 0.6) is 5.75 Å². The van der Waals surface area contributed by atoms with E-state index in [-0.39, 0.29) is 5.91 Å². The number of amidine groups is 1. The Hall–Kier alpha value is -3.05. The van der Waals surface area contributed by atoms with Crippen LogP contribution in [0.15, 0.2) is 76.6 Å². The molecule has 0 atom stereocenters. The Kier molecular flexibility index (Phi) is 6.19. The molecule has 3 aromatic carbocycles. The molecule has 152 valence electrons. The van der Waals surface area contributed by atoms with Crippen LogP contribution in [0.2, 0.25) is 0 Å². The Morgan fingerprint density at radius 2 is 1.77 bits per heavy atom. The predicted molar refractivity (Wildman–Crippen MR) is 126 cm³/mol. The van der Waals surface area contributed by atoms with Crippen LogP contribution in [0.25, 0.3) is 16.8 Å². The SMILES string of the molecule is CCN=C1S/C(=C\c2ccc(OCc3cccc4ccccc34)cc2)C(=O)N1CC. The highest BCUT2D eigenvalue weighted by Gasteiger charge is 2.31. The molecule has 5 heteroatoms. The van der Waals surface area contributed by atoms with Gasteiger partial charge in [0.2, 0.25) is 0 Å². The van der Waals surface area contributed by atoms with Crippen molar-refractivity contribution in [3.63, 3.8) is 0 Å². The summed E-state index contributed by atoms with van der Waals surface area (Å²) in [5, 5.41) is 3.21. The second kappa shape index (κ2) is 9.18. The number of carbonyl (C=O) groups is 1. The Morgan fingerprint density at radius 3 is 2.53 bits per heavy atom. The van der Waals surface area contributed by atoms with Crippen molar-refractivity contribution in [3.05, 3.63) is 82.8 Å². The van der Waals surface area contributed by atoms with Crippen LogP contribution in [-0.2, 0) is 11.4 Å². The molecule has 4 nitrogen and oxygen atoms in total. The number of fused-ring (bicyclic) bond motifs is 1. The van der Waals surface area contributed by atoms with Gasteiger partial charge in [-0.05, 0) is 65.7 Å². The Bertz CT molecular complexity index is 1110. The molecular formula is C25H24N2O2S. The molecule has 0 bridgehead atoms. The Morgan fingerprint density at radius 1 is 1.00 bits per heavy atom. The average Bonchev–Trinajstić information content (AvgIpc) is 3.07. The second-order valence-corrected chi connectivity index (χ2v) is 7.92. The molecule has 0 spiro atoms. The van der Waals surface area contributed by atoms with Gasteiger partial charge < -0.3 is 4.74 Å². The van der Waals surface area contributed by atoms with Crippen LogP contribution in [0.3, 0.4) is 0 Å². The third-order valence-electron chi connectivity index (χ3n) is 4.95. The van der Waals surface area contributed by atoms with Gasteiger partial charge >= 0.3 is 0 Å². The van der Waals surface area contributed by atoms with Crippen molar-refractivity contribution < 1.29 is 9.53 Å². The minimum absolute atomic E-state index is 0.0194. The molecule has 3 aromatic rings. The third-order valence-corrected chi connectivity index (χ3v) is 5.99. The Labute approximate surface area is 181 Å². The molecule has 1 fully saturated rings. The minimum atomic E-state index is 0.0194. The van der Waals surface area contributed by atoms with Crippen LogP contribution in [0.4, 0.5) is 0 Å². The summed E-state index contributed by atoms with van der Waals surface area (Å²) in [5.74, 6) is 0.824.